The summed E-state index contributed by atoms with van der Waals surface area (Å²) in [5.74, 6) is -0.842. The maximum atomic E-state index is 14.0. The summed E-state index contributed by atoms with van der Waals surface area (Å²) in [7, 11) is -4.27. The minimum Gasteiger partial charge on any atom is -0.462 e. The number of aryl methyl sites for hydroxylation is 3. The molecule has 0 atom stereocenters. The minimum absolute atomic E-state index is 0.0343. The number of sulfonamides is 1. The first-order valence-corrected chi connectivity index (χ1v) is 14.0. The molecule has 1 amide bonds. The van der Waals surface area contributed by atoms with Gasteiger partial charge >= 0.3 is 5.97 Å². The van der Waals surface area contributed by atoms with Crippen LogP contribution in [0, 0.1) is 20.8 Å². The van der Waals surface area contributed by atoms with Crippen LogP contribution >= 0.6 is 0 Å². The fourth-order valence-corrected chi connectivity index (χ4v) is 6.19. The van der Waals surface area contributed by atoms with Crippen molar-refractivity contribution in [1.82, 2.24) is 0 Å². The number of amides is 1. The lowest BCUT2D eigenvalue weighted by Crippen LogP contribution is -2.37. The molecule has 1 aromatic heterocycles. The van der Waals surface area contributed by atoms with Crippen molar-refractivity contribution in [2.24, 2.45) is 0 Å². The zero-order valence-electron chi connectivity index (χ0n) is 22.2. The number of furan rings is 1. The molecule has 198 valence electrons. The van der Waals surface area contributed by atoms with E-state index in [1.807, 2.05) is 51.1 Å². The molecular formula is C30H31NO6S. The Morgan fingerprint density at radius 3 is 2.24 bits per heavy atom. The van der Waals surface area contributed by atoms with Gasteiger partial charge in [0.25, 0.3) is 10.0 Å². The number of anilines is 1. The second kappa shape index (κ2) is 10.8. The number of hydrogen-bond acceptors (Lipinski definition) is 6. The van der Waals surface area contributed by atoms with Gasteiger partial charge in [-0.05, 0) is 75.1 Å². The van der Waals surface area contributed by atoms with Crippen LogP contribution in [0.1, 0.15) is 53.7 Å². The minimum atomic E-state index is -4.27. The molecule has 0 aliphatic heterocycles. The van der Waals surface area contributed by atoms with Crippen molar-refractivity contribution in [1.29, 1.82) is 0 Å². The topological polar surface area (TPSA) is 93.9 Å². The van der Waals surface area contributed by atoms with Gasteiger partial charge in [-0.2, -0.15) is 0 Å². The Balaban J connectivity index is 1.97. The highest BCUT2D eigenvalue weighted by Crippen LogP contribution is 2.38. The average molecular weight is 534 g/mol. The lowest BCUT2D eigenvalue weighted by atomic mass is 10.1. The Labute approximate surface area is 223 Å². The highest BCUT2D eigenvalue weighted by atomic mass is 32.2. The molecule has 38 heavy (non-hydrogen) atoms. The van der Waals surface area contributed by atoms with Crippen LogP contribution in [0.2, 0.25) is 0 Å². The lowest BCUT2D eigenvalue weighted by molar-refractivity contribution is -0.117. The summed E-state index contributed by atoms with van der Waals surface area (Å²) in [6.07, 6.45) is 0.503. The molecule has 0 fully saturated rings. The first-order chi connectivity index (χ1) is 18.1. The van der Waals surface area contributed by atoms with Crippen LogP contribution in [0.25, 0.3) is 22.3 Å². The molecular weight excluding hydrogens is 502 g/mol. The van der Waals surface area contributed by atoms with Gasteiger partial charge < -0.3 is 9.15 Å². The van der Waals surface area contributed by atoms with Crippen LogP contribution < -0.4 is 4.31 Å². The summed E-state index contributed by atoms with van der Waals surface area (Å²) in [4.78, 5) is 26.5. The van der Waals surface area contributed by atoms with E-state index in [0.29, 0.717) is 34.3 Å². The van der Waals surface area contributed by atoms with E-state index in [1.54, 1.807) is 32.0 Å². The van der Waals surface area contributed by atoms with E-state index >= 15 is 0 Å². The Morgan fingerprint density at radius 1 is 0.895 bits per heavy atom. The van der Waals surface area contributed by atoms with Gasteiger partial charge in [0.05, 0.1) is 17.2 Å². The number of ether oxygens (including phenoxy) is 1. The van der Waals surface area contributed by atoms with Crippen LogP contribution in [-0.2, 0) is 19.6 Å². The maximum absolute atomic E-state index is 14.0. The third-order valence-corrected chi connectivity index (χ3v) is 8.31. The lowest BCUT2D eigenvalue weighted by Gasteiger charge is -2.24. The molecule has 0 saturated heterocycles. The molecule has 3 aromatic carbocycles. The van der Waals surface area contributed by atoms with Crippen molar-refractivity contribution >= 4 is 38.6 Å². The molecule has 0 saturated carbocycles. The number of nitrogens with zero attached hydrogens (tertiary/aromatic N) is 1. The molecule has 1 heterocycles. The summed E-state index contributed by atoms with van der Waals surface area (Å²) < 4.78 is 40.2. The smallest absolute Gasteiger partial charge is 0.342 e. The molecule has 0 N–H and O–H groups in total. The molecule has 0 bridgehead atoms. The Hall–Kier alpha value is -3.91. The van der Waals surface area contributed by atoms with E-state index in [4.69, 9.17) is 9.15 Å². The monoisotopic (exact) mass is 533 g/mol. The van der Waals surface area contributed by atoms with E-state index in [2.05, 4.69) is 0 Å². The van der Waals surface area contributed by atoms with Gasteiger partial charge in [-0.1, -0.05) is 43.3 Å². The Kier molecular flexibility index (Phi) is 7.73. The van der Waals surface area contributed by atoms with Crippen molar-refractivity contribution in [2.75, 3.05) is 10.9 Å². The molecule has 0 radical (unpaired) electrons. The Bertz CT molecular complexity index is 1620. The molecule has 0 unspecified atom stereocenters. The zero-order valence-corrected chi connectivity index (χ0v) is 23.0. The van der Waals surface area contributed by atoms with Crippen LogP contribution in [0.15, 0.2) is 70.0 Å². The number of fused-ring (bicyclic) bond motifs is 1. The summed E-state index contributed by atoms with van der Waals surface area (Å²) in [5, 5.41) is 0.362. The summed E-state index contributed by atoms with van der Waals surface area (Å²) in [5.41, 5.74) is 3.66. The maximum Gasteiger partial charge on any atom is 0.342 e. The van der Waals surface area contributed by atoms with E-state index in [9.17, 15) is 18.0 Å². The standard InChI is InChI=1S/C30H31NO6S/c1-6-11-27(32)31(38(34,35)26-17-20(4)19(3)16-21(26)5)23-14-15-25-24(18-23)28(30(33)36-7-2)29(37-25)22-12-9-8-10-13-22/h8-10,12-18H,6-7,11H2,1-5H3. The molecule has 0 spiro atoms. The third-order valence-electron chi connectivity index (χ3n) is 6.42. The van der Waals surface area contributed by atoms with Crippen LogP contribution in [0.3, 0.4) is 0 Å². The summed E-state index contributed by atoms with van der Waals surface area (Å²) in [6.45, 7) is 9.13. The van der Waals surface area contributed by atoms with Crippen LogP contribution in [0.5, 0.6) is 0 Å². The molecule has 0 aliphatic carbocycles. The van der Waals surface area contributed by atoms with Gasteiger partial charge in [0.15, 0.2) is 0 Å². The molecule has 0 aliphatic rings. The van der Waals surface area contributed by atoms with Crippen molar-refractivity contribution < 1.29 is 27.2 Å². The predicted octanol–water partition coefficient (Wildman–Crippen LogP) is 6.72. The molecule has 8 heteroatoms. The SMILES string of the molecule is CCCC(=O)N(c1ccc2oc(-c3ccccc3)c(C(=O)OCC)c2c1)S(=O)(=O)c1cc(C)c(C)cc1C. The van der Waals surface area contributed by atoms with Gasteiger partial charge in [0.1, 0.15) is 16.9 Å². The number of rotatable bonds is 8. The van der Waals surface area contributed by atoms with Crippen molar-refractivity contribution in [2.45, 2.75) is 52.4 Å². The van der Waals surface area contributed by atoms with Crippen molar-refractivity contribution in [3.05, 3.63) is 82.9 Å². The molecule has 7 nitrogen and oxygen atoms in total. The van der Waals surface area contributed by atoms with E-state index in [-0.39, 0.29) is 29.2 Å². The number of benzene rings is 3. The highest BCUT2D eigenvalue weighted by molar-refractivity contribution is 7.93. The average Bonchev–Trinajstić information content (AvgIpc) is 3.26. The van der Waals surface area contributed by atoms with Gasteiger partial charge in [-0.15, -0.1) is 0 Å². The molecule has 4 rings (SSSR count). The molecule has 4 aromatic rings. The fourth-order valence-electron chi connectivity index (χ4n) is 4.45. The Morgan fingerprint density at radius 2 is 1.58 bits per heavy atom. The number of hydrogen-bond donors (Lipinski definition) is 0. The number of carbonyl (C=O) groups is 2. The van der Waals surface area contributed by atoms with E-state index < -0.39 is 21.9 Å². The van der Waals surface area contributed by atoms with Crippen LogP contribution in [0.4, 0.5) is 5.69 Å². The van der Waals surface area contributed by atoms with Crippen molar-refractivity contribution in [3.8, 4) is 11.3 Å². The van der Waals surface area contributed by atoms with Gasteiger partial charge in [-0.25, -0.2) is 17.5 Å². The van der Waals surface area contributed by atoms with Gasteiger partial charge in [0, 0.05) is 17.4 Å². The normalized spacial score (nSPS) is 11.5. The highest BCUT2D eigenvalue weighted by Gasteiger charge is 2.33. The van der Waals surface area contributed by atoms with Crippen LogP contribution in [-0.4, -0.2) is 26.9 Å². The summed E-state index contributed by atoms with van der Waals surface area (Å²) in [6, 6.07) is 17.1. The second-order valence-corrected chi connectivity index (χ2v) is 10.9. The van der Waals surface area contributed by atoms with E-state index in [1.165, 1.54) is 12.1 Å². The second-order valence-electron chi connectivity index (χ2n) is 9.19. The predicted molar refractivity (Wildman–Crippen MR) is 148 cm³/mol. The van der Waals surface area contributed by atoms with E-state index in [0.717, 1.165) is 15.4 Å². The van der Waals surface area contributed by atoms with Crippen molar-refractivity contribution in [3.63, 3.8) is 0 Å². The fraction of sp³-hybridized carbons (Fsp3) is 0.267. The van der Waals surface area contributed by atoms with Gasteiger partial charge in [0.2, 0.25) is 5.91 Å². The largest absolute Gasteiger partial charge is 0.462 e. The third kappa shape index (κ3) is 4.96. The van der Waals surface area contributed by atoms with Gasteiger partial charge in [-0.3, -0.25) is 4.79 Å². The first-order valence-electron chi connectivity index (χ1n) is 12.5. The zero-order chi connectivity index (χ0) is 27.6. The number of carbonyl (C=O) groups excluding carboxylic acids is 2. The quantitative estimate of drug-likeness (QED) is 0.233. The first kappa shape index (κ1) is 27.1. The summed E-state index contributed by atoms with van der Waals surface area (Å²) >= 11 is 0. The number of esters is 1.